The molecule has 1 saturated heterocycles. The molecule has 0 spiro atoms. The second-order valence-corrected chi connectivity index (χ2v) is 4.97. The molecule has 1 aromatic heterocycles. The van der Waals surface area contributed by atoms with E-state index in [-0.39, 0.29) is 5.91 Å². The van der Waals surface area contributed by atoms with Gasteiger partial charge in [-0.05, 0) is 19.4 Å². The van der Waals surface area contributed by atoms with Gasteiger partial charge in [-0.25, -0.2) is 0 Å². The van der Waals surface area contributed by atoms with Crippen LogP contribution in [0.1, 0.15) is 19.4 Å². The number of carbonyl (C=O) groups excluding carboxylic acids is 1. The highest BCUT2D eigenvalue weighted by Crippen LogP contribution is 2.07. The van der Waals surface area contributed by atoms with Gasteiger partial charge < -0.3 is 10.2 Å². The van der Waals surface area contributed by atoms with Crippen LogP contribution in [0.25, 0.3) is 0 Å². The van der Waals surface area contributed by atoms with Crippen molar-refractivity contribution in [3.8, 4) is 0 Å². The second-order valence-electron chi connectivity index (χ2n) is 4.97. The van der Waals surface area contributed by atoms with Crippen molar-refractivity contribution in [2.75, 3.05) is 13.1 Å². The molecule has 0 aromatic carbocycles. The molecule has 1 aliphatic rings. The number of hydrogen-bond donors (Lipinski definition) is 1. The molecular weight excluding hydrogens is 216 g/mol. The molecule has 1 aromatic rings. The Hall–Kier alpha value is -1.36. The number of aromatic nitrogens is 2. The van der Waals surface area contributed by atoms with E-state index in [1.165, 1.54) is 0 Å². The van der Waals surface area contributed by atoms with E-state index in [4.69, 9.17) is 0 Å². The van der Waals surface area contributed by atoms with Crippen molar-refractivity contribution in [1.29, 1.82) is 0 Å². The van der Waals surface area contributed by atoms with E-state index in [1.807, 2.05) is 18.1 Å². The van der Waals surface area contributed by atoms with Crippen LogP contribution in [0.4, 0.5) is 0 Å². The van der Waals surface area contributed by atoms with Crippen LogP contribution < -0.4 is 5.32 Å². The number of hydrogen-bond acceptors (Lipinski definition) is 3. The normalized spacial score (nSPS) is 25.0. The zero-order valence-corrected chi connectivity index (χ0v) is 10.7. The average molecular weight is 236 g/mol. The number of nitrogens with one attached hydrogen (secondary N) is 1. The Balaban J connectivity index is 1.95. The van der Waals surface area contributed by atoms with Crippen LogP contribution in [0.3, 0.4) is 0 Å². The smallest absolute Gasteiger partial charge is 0.227 e. The summed E-state index contributed by atoms with van der Waals surface area (Å²) >= 11 is 0. The maximum Gasteiger partial charge on any atom is 0.227 e. The number of rotatable bonds is 2. The highest BCUT2D eigenvalue weighted by molar-refractivity contribution is 5.78. The van der Waals surface area contributed by atoms with Gasteiger partial charge in [-0.3, -0.25) is 9.48 Å². The standard InChI is InChI=1S/C12H20N4O/c1-9-6-16(7-10(2)14-9)12(17)4-11-5-13-15(3)8-11/h5,8-10,14H,4,6-7H2,1-3H3/t9-,10-/m0/s1. The van der Waals surface area contributed by atoms with Crippen molar-refractivity contribution in [3.05, 3.63) is 18.0 Å². The van der Waals surface area contributed by atoms with Crippen molar-refractivity contribution in [2.24, 2.45) is 7.05 Å². The van der Waals surface area contributed by atoms with E-state index < -0.39 is 0 Å². The summed E-state index contributed by atoms with van der Waals surface area (Å²) in [6.07, 6.45) is 4.10. The van der Waals surface area contributed by atoms with Gasteiger partial charge in [0, 0.05) is 38.4 Å². The van der Waals surface area contributed by atoms with Crippen LogP contribution in [0, 0.1) is 0 Å². The van der Waals surface area contributed by atoms with Crippen molar-refractivity contribution < 1.29 is 4.79 Å². The molecule has 1 aliphatic heterocycles. The summed E-state index contributed by atoms with van der Waals surface area (Å²) in [5, 5.41) is 7.50. The summed E-state index contributed by atoms with van der Waals surface area (Å²) in [5.41, 5.74) is 0.983. The van der Waals surface area contributed by atoms with Gasteiger partial charge in [-0.1, -0.05) is 0 Å². The van der Waals surface area contributed by atoms with E-state index in [0.717, 1.165) is 18.7 Å². The molecule has 1 amide bonds. The lowest BCUT2D eigenvalue weighted by Crippen LogP contribution is -2.56. The third-order valence-electron chi connectivity index (χ3n) is 3.02. The molecule has 0 bridgehead atoms. The first-order chi connectivity index (χ1) is 8.04. The van der Waals surface area contributed by atoms with Gasteiger partial charge in [0.1, 0.15) is 0 Å². The molecule has 94 valence electrons. The fourth-order valence-electron chi connectivity index (χ4n) is 2.38. The predicted molar refractivity (Wildman–Crippen MR) is 65.6 cm³/mol. The third kappa shape index (κ3) is 3.06. The summed E-state index contributed by atoms with van der Waals surface area (Å²) < 4.78 is 1.73. The Morgan fingerprint density at radius 1 is 1.47 bits per heavy atom. The van der Waals surface area contributed by atoms with Crippen molar-refractivity contribution in [1.82, 2.24) is 20.0 Å². The van der Waals surface area contributed by atoms with Gasteiger partial charge in [0.05, 0.1) is 12.6 Å². The van der Waals surface area contributed by atoms with Crippen LogP contribution in [-0.2, 0) is 18.3 Å². The van der Waals surface area contributed by atoms with Gasteiger partial charge >= 0.3 is 0 Å². The van der Waals surface area contributed by atoms with Crippen LogP contribution >= 0.6 is 0 Å². The largest absolute Gasteiger partial charge is 0.339 e. The maximum absolute atomic E-state index is 12.1. The number of piperazine rings is 1. The predicted octanol–water partition coefficient (Wildman–Crippen LogP) is 0.171. The number of nitrogens with zero attached hydrogens (tertiary/aromatic N) is 3. The van der Waals surface area contributed by atoms with E-state index >= 15 is 0 Å². The van der Waals surface area contributed by atoms with Gasteiger partial charge in [0.25, 0.3) is 0 Å². The Morgan fingerprint density at radius 2 is 2.12 bits per heavy atom. The zero-order chi connectivity index (χ0) is 12.4. The van der Waals surface area contributed by atoms with Gasteiger partial charge in [-0.2, -0.15) is 5.10 Å². The van der Waals surface area contributed by atoms with Crippen molar-refractivity contribution >= 4 is 5.91 Å². The molecule has 5 heteroatoms. The minimum atomic E-state index is 0.193. The SMILES string of the molecule is C[C@H]1CN(C(=O)Cc2cnn(C)c2)C[C@H](C)N1. The first-order valence-corrected chi connectivity index (χ1v) is 6.06. The molecule has 5 nitrogen and oxygen atoms in total. The van der Waals surface area contributed by atoms with E-state index in [9.17, 15) is 4.79 Å². The Morgan fingerprint density at radius 3 is 2.65 bits per heavy atom. The molecular formula is C12H20N4O. The molecule has 17 heavy (non-hydrogen) atoms. The molecule has 0 unspecified atom stereocenters. The zero-order valence-electron chi connectivity index (χ0n) is 10.7. The molecule has 0 aliphatic carbocycles. The van der Waals surface area contributed by atoms with E-state index in [0.29, 0.717) is 18.5 Å². The lowest BCUT2D eigenvalue weighted by atomic mass is 10.1. The highest BCUT2D eigenvalue weighted by atomic mass is 16.2. The van der Waals surface area contributed by atoms with Crippen molar-refractivity contribution in [2.45, 2.75) is 32.4 Å². The molecule has 2 rings (SSSR count). The van der Waals surface area contributed by atoms with Crippen LogP contribution in [0.2, 0.25) is 0 Å². The Kier molecular flexibility index (Phi) is 3.47. The summed E-state index contributed by atoms with van der Waals surface area (Å²) in [4.78, 5) is 14.1. The summed E-state index contributed by atoms with van der Waals surface area (Å²) in [6, 6.07) is 0.744. The minimum absolute atomic E-state index is 0.193. The Labute approximate surface area is 102 Å². The fourth-order valence-corrected chi connectivity index (χ4v) is 2.38. The third-order valence-corrected chi connectivity index (χ3v) is 3.02. The summed E-state index contributed by atoms with van der Waals surface area (Å²) in [6.45, 7) is 5.81. The monoisotopic (exact) mass is 236 g/mol. The molecule has 0 radical (unpaired) electrons. The van der Waals surface area contributed by atoms with E-state index in [2.05, 4.69) is 24.3 Å². The summed E-state index contributed by atoms with van der Waals surface area (Å²) in [7, 11) is 1.86. The number of amides is 1. The van der Waals surface area contributed by atoms with Gasteiger partial charge in [0.2, 0.25) is 5.91 Å². The fraction of sp³-hybridized carbons (Fsp3) is 0.667. The molecule has 1 N–H and O–H groups in total. The first-order valence-electron chi connectivity index (χ1n) is 6.06. The van der Waals surface area contributed by atoms with Crippen molar-refractivity contribution in [3.63, 3.8) is 0 Å². The second kappa shape index (κ2) is 4.87. The van der Waals surface area contributed by atoms with Gasteiger partial charge in [-0.15, -0.1) is 0 Å². The highest BCUT2D eigenvalue weighted by Gasteiger charge is 2.24. The maximum atomic E-state index is 12.1. The van der Waals surface area contributed by atoms with Crippen LogP contribution in [-0.4, -0.2) is 45.8 Å². The summed E-state index contributed by atoms with van der Waals surface area (Å²) in [5.74, 6) is 0.193. The van der Waals surface area contributed by atoms with Crippen LogP contribution in [0.15, 0.2) is 12.4 Å². The average Bonchev–Trinajstić information content (AvgIpc) is 2.62. The molecule has 1 fully saturated rings. The van der Waals surface area contributed by atoms with Crippen LogP contribution in [0.5, 0.6) is 0 Å². The molecule has 2 heterocycles. The van der Waals surface area contributed by atoms with E-state index in [1.54, 1.807) is 10.9 Å². The molecule has 0 saturated carbocycles. The minimum Gasteiger partial charge on any atom is -0.339 e. The number of carbonyl (C=O) groups is 1. The quantitative estimate of drug-likeness (QED) is 0.796. The molecule has 2 atom stereocenters. The topological polar surface area (TPSA) is 50.2 Å². The number of aryl methyl sites for hydroxylation is 1. The Bertz CT molecular complexity index is 391. The lowest BCUT2D eigenvalue weighted by Gasteiger charge is -2.36. The van der Waals surface area contributed by atoms with Gasteiger partial charge in [0.15, 0.2) is 0 Å². The lowest BCUT2D eigenvalue weighted by molar-refractivity contribution is -0.132. The first kappa shape index (κ1) is 12.1.